The van der Waals surface area contributed by atoms with E-state index >= 15 is 0 Å². The van der Waals surface area contributed by atoms with Crippen molar-refractivity contribution in [2.45, 2.75) is 45.3 Å². The SMILES string of the molecule is CC(C)(C)OC(=O)C1NCC12CC(CN)C2. The van der Waals surface area contributed by atoms with E-state index in [1.807, 2.05) is 20.8 Å². The lowest BCUT2D eigenvalue weighted by atomic mass is 9.54. The number of carbonyl (C=O) groups is 1. The predicted octanol–water partition coefficient (Wildman–Crippen LogP) is 0.655. The number of esters is 1. The minimum absolute atomic E-state index is 0.102. The highest BCUT2D eigenvalue weighted by Gasteiger charge is 2.58. The molecule has 1 aliphatic heterocycles. The van der Waals surface area contributed by atoms with Crippen LogP contribution in [0.3, 0.4) is 0 Å². The molecule has 92 valence electrons. The van der Waals surface area contributed by atoms with Crippen molar-refractivity contribution in [1.82, 2.24) is 5.32 Å². The lowest BCUT2D eigenvalue weighted by molar-refractivity contribution is -0.173. The number of ether oxygens (including phenoxy) is 1. The van der Waals surface area contributed by atoms with Gasteiger partial charge in [0.25, 0.3) is 0 Å². The van der Waals surface area contributed by atoms with Gasteiger partial charge in [-0.1, -0.05) is 0 Å². The molecule has 1 aliphatic carbocycles. The molecule has 0 aromatic rings. The topological polar surface area (TPSA) is 64.3 Å². The molecule has 1 saturated carbocycles. The molecule has 3 N–H and O–H groups in total. The molecule has 2 aliphatic rings. The summed E-state index contributed by atoms with van der Waals surface area (Å²) in [5, 5.41) is 3.19. The molecular formula is C12H22N2O2. The van der Waals surface area contributed by atoms with Crippen LogP contribution in [-0.4, -0.2) is 30.7 Å². The highest BCUT2D eigenvalue weighted by molar-refractivity contribution is 5.79. The molecule has 1 heterocycles. The summed E-state index contributed by atoms with van der Waals surface area (Å²) in [5.41, 5.74) is 5.38. The minimum Gasteiger partial charge on any atom is -0.459 e. The summed E-state index contributed by atoms with van der Waals surface area (Å²) in [7, 11) is 0. The monoisotopic (exact) mass is 226 g/mol. The lowest BCUT2D eigenvalue weighted by Crippen LogP contribution is -2.71. The number of nitrogens with two attached hydrogens (primary N) is 1. The van der Waals surface area contributed by atoms with Crippen LogP contribution in [0.4, 0.5) is 0 Å². The van der Waals surface area contributed by atoms with Gasteiger partial charge in [0.1, 0.15) is 11.6 Å². The summed E-state index contributed by atoms with van der Waals surface area (Å²) in [5.74, 6) is 0.501. The van der Waals surface area contributed by atoms with Crippen molar-refractivity contribution >= 4 is 5.97 Å². The molecule has 0 radical (unpaired) electrons. The Balaban J connectivity index is 1.90. The highest BCUT2D eigenvalue weighted by Crippen LogP contribution is 2.52. The first-order valence-electron chi connectivity index (χ1n) is 6.03. The van der Waals surface area contributed by atoms with E-state index in [0.717, 1.165) is 25.9 Å². The van der Waals surface area contributed by atoms with Crippen molar-refractivity contribution in [2.24, 2.45) is 17.1 Å². The van der Waals surface area contributed by atoms with Crippen LogP contribution in [0.1, 0.15) is 33.6 Å². The number of hydrogen-bond acceptors (Lipinski definition) is 4. The standard InChI is InChI=1S/C12H22N2O2/c1-11(2,3)16-10(15)9-12(7-14-9)4-8(5-12)6-13/h8-9,14H,4-7,13H2,1-3H3. The molecule has 0 aromatic carbocycles. The summed E-state index contributed by atoms with van der Waals surface area (Å²) in [6.45, 7) is 7.38. The third kappa shape index (κ3) is 1.96. The van der Waals surface area contributed by atoms with Crippen molar-refractivity contribution in [3.63, 3.8) is 0 Å². The number of carbonyl (C=O) groups excluding carboxylic acids is 1. The van der Waals surface area contributed by atoms with E-state index in [0.29, 0.717) is 5.92 Å². The fraction of sp³-hybridized carbons (Fsp3) is 0.917. The lowest BCUT2D eigenvalue weighted by Gasteiger charge is -2.58. The van der Waals surface area contributed by atoms with Gasteiger partial charge in [0, 0.05) is 12.0 Å². The summed E-state index contributed by atoms with van der Waals surface area (Å²) in [6.07, 6.45) is 2.14. The van der Waals surface area contributed by atoms with Crippen LogP contribution in [0.2, 0.25) is 0 Å². The van der Waals surface area contributed by atoms with Crippen molar-refractivity contribution in [1.29, 1.82) is 0 Å². The van der Waals surface area contributed by atoms with Crippen LogP contribution in [0.25, 0.3) is 0 Å². The van der Waals surface area contributed by atoms with Gasteiger partial charge < -0.3 is 15.8 Å². The molecule has 1 atom stereocenters. The second-order valence-electron chi connectivity index (χ2n) is 6.22. The molecule has 0 amide bonds. The largest absolute Gasteiger partial charge is 0.459 e. The van der Waals surface area contributed by atoms with Gasteiger partial charge in [0.2, 0.25) is 0 Å². The first kappa shape index (κ1) is 11.9. The third-order valence-corrected chi connectivity index (χ3v) is 3.64. The molecule has 4 nitrogen and oxygen atoms in total. The molecule has 4 heteroatoms. The minimum atomic E-state index is -0.396. The third-order valence-electron chi connectivity index (χ3n) is 3.64. The van der Waals surface area contributed by atoms with Gasteiger partial charge in [-0.15, -0.1) is 0 Å². The molecule has 0 bridgehead atoms. The molecule has 0 aromatic heterocycles. The van der Waals surface area contributed by atoms with Crippen molar-refractivity contribution < 1.29 is 9.53 Å². The van der Waals surface area contributed by atoms with Gasteiger partial charge in [-0.2, -0.15) is 0 Å². The van der Waals surface area contributed by atoms with E-state index in [1.165, 1.54) is 0 Å². The van der Waals surface area contributed by atoms with E-state index < -0.39 is 5.60 Å². The number of rotatable bonds is 2. The van der Waals surface area contributed by atoms with Gasteiger partial charge in [-0.25, -0.2) is 0 Å². The summed E-state index contributed by atoms with van der Waals surface area (Å²) < 4.78 is 5.41. The Morgan fingerprint density at radius 2 is 2.12 bits per heavy atom. The predicted molar refractivity (Wildman–Crippen MR) is 61.8 cm³/mol. The van der Waals surface area contributed by atoms with Crippen LogP contribution in [0.15, 0.2) is 0 Å². The average molecular weight is 226 g/mol. The Morgan fingerprint density at radius 3 is 2.50 bits per heavy atom. The maximum atomic E-state index is 11.9. The fourth-order valence-electron chi connectivity index (χ4n) is 2.82. The van der Waals surface area contributed by atoms with Crippen LogP contribution in [-0.2, 0) is 9.53 Å². The molecule has 2 rings (SSSR count). The number of nitrogens with one attached hydrogen (secondary N) is 1. The highest BCUT2D eigenvalue weighted by atomic mass is 16.6. The van der Waals surface area contributed by atoms with Crippen molar-refractivity contribution in [2.75, 3.05) is 13.1 Å². The van der Waals surface area contributed by atoms with E-state index in [-0.39, 0.29) is 17.4 Å². The first-order chi connectivity index (χ1) is 7.36. The van der Waals surface area contributed by atoms with Gasteiger partial charge in [0.05, 0.1) is 0 Å². The van der Waals surface area contributed by atoms with Gasteiger partial charge in [-0.05, 0) is 46.1 Å². The van der Waals surface area contributed by atoms with Crippen LogP contribution in [0, 0.1) is 11.3 Å². The Bertz CT molecular complexity index is 290. The quantitative estimate of drug-likeness (QED) is 0.679. The summed E-state index contributed by atoms with van der Waals surface area (Å²) in [6, 6.07) is -0.102. The summed E-state index contributed by atoms with van der Waals surface area (Å²) >= 11 is 0. The Morgan fingerprint density at radius 1 is 1.50 bits per heavy atom. The molecule has 2 fully saturated rings. The van der Waals surface area contributed by atoms with Gasteiger partial charge >= 0.3 is 5.97 Å². The summed E-state index contributed by atoms with van der Waals surface area (Å²) in [4.78, 5) is 11.9. The van der Waals surface area contributed by atoms with Gasteiger partial charge in [0.15, 0.2) is 0 Å². The Labute approximate surface area is 96.9 Å². The first-order valence-corrected chi connectivity index (χ1v) is 6.03. The number of hydrogen-bond donors (Lipinski definition) is 2. The molecular weight excluding hydrogens is 204 g/mol. The second kappa shape index (κ2) is 3.70. The van der Waals surface area contributed by atoms with Crippen LogP contribution < -0.4 is 11.1 Å². The Hall–Kier alpha value is -0.610. The van der Waals surface area contributed by atoms with Crippen molar-refractivity contribution in [3.8, 4) is 0 Å². The van der Waals surface area contributed by atoms with E-state index in [1.54, 1.807) is 0 Å². The van der Waals surface area contributed by atoms with Crippen LogP contribution >= 0.6 is 0 Å². The van der Waals surface area contributed by atoms with Gasteiger partial charge in [-0.3, -0.25) is 4.79 Å². The van der Waals surface area contributed by atoms with Crippen molar-refractivity contribution in [3.05, 3.63) is 0 Å². The molecule has 1 saturated heterocycles. The molecule has 1 unspecified atom stereocenters. The zero-order valence-electron chi connectivity index (χ0n) is 10.4. The maximum Gasteiger partial charge on any atom is 0.324 e. The average Bonchev–Trinajstić information content (AvgIpc) is 1.96. The Kier molecular flexibility index (Phi) is 2.75. The zero-order chi connectivity index (χ0) is 12.0. The normalized spacial score (nSPS) is 37.8. The van der Waals surface area contributed by atoms with E-state index in [4.69, 9.17) is 10.5 Å². The van der Waals surface area contributed by atoms with Crippen LogP contribution in [0.5, 0.6) is 0 Å². The van der Waals surface area contributed by atoms with E-state index in [2.05, 4.69) is 5.32 Å². The second-order valence-corrected chi connectivity index (χ2v) is 6.22. The maximum absolute atomic E-state index is 11.9. The zero-order valence-corrected chi connectivity index (χ0v) is 10.4. The molecule has 16 heavy (non-hydrogen) atoms. The fourth-order valence-corrected chi connectivity index (χ4v) is 2.82. The van der Waals surface area contributed by atoms with E-state index in [9.17, 15) is 4.79 Å². The molecule has 1 spiro atoms. The smallest absolute Gasteiger partial charge is 0.324 e.